The summed E-state index contributed by atoms with van der Waals surface area (Å²) < 4.78 is 0. The first-order valence-electron chi connectivity index (χ1n) is 4.98. The number of nitrogens with one attached hydrogen (secondary N) is 1. The van der Waals surface area contributed by atoms with Crippen LogP contribution in [0.15, 0.2) is 5.38 Å². The van der Waals surface area contributed by atoms with Gasteiger partial charge >= 0.3 is 0 Å². The molecule has 0 fully saturated rings. The van der Waals surface area contributed by atoms with Crippen LogP contribution in [0.2, 0.25) is 0 Å². The number of aliphatic hydroxyl groups excluding tert-OH is 1. The zero-order valence-electron chi connectivity index (χ0n) is 8.79. The van der Waals surface area contributed by atoms with E-state index in [-0.39, 0.29) is 6.10 Å². The molecule has 1 heterocycles. The van der Waals surface area contributed by atoms with Crippen molar-refractivity contribution in [1.29, 1.82) is 0 Å². The fraction of sp³-hybridized carbons (Fsp3) is 0.700. The molecule has 0 aromatic carbocycles. The smallest absolute Gasteiger partial charge is 0.0897 e. The van der Waals surface area contributed by atoms with E-state index in [1.165, 1.54) is 0 Å². The summed E-state index contributed by atoms with van der Waals surface area (Å²) >= 11 is 1.68. The standard InChI is InChI=1S/C10H18N2OS/c1-8(13)4-3-5-11-6-10-7-14-9(2)12-10/h7-8,11,13H,3-6H2,1-2H3. The minimum absolute atomic E-state index is 0.182. The van der Waals surface area contributed by atoms with Gasteiger partial charge in [-0.25, -0.2) is 4.98 Å². The molecule has 3 nitrogen and oxygen atoms in total. The molecule has 1 rings (SSSR count). The number of thiazole rings is 1. The molecule has 0 bridgehead atoms. The quantitative estimate of drug-likeness (QED) is 0.709. The summed E-state index contributed by atoms with van der Waals surface area (Å²) in [5.41, 5.74) is 1.12. The molecule has 0 saturated carbocycles. The van der Waals surface area contributed by atoms with Crippen molar-refractivity contribution in [1.82, 2.24) is 10.3 Å². The van der Waals surface area contributed by atoms with Crippen LogP contribution >= 0.6 is 11.3 Å². The predicted octanol–water partition coefficient (Wildman–Crippen LogP) is 1.70. The topological polar surface area (TPSA) is 45.2 Å². The highest BCUT2D eigenvalue weighted by molar-refractivity contribution is 7.09. The Kier molecular flexibility index (Phi) is 5.07. The molecule has 0 spiro atoms. The molecule has 0 aliphatic carbocycles. The minimum Gasteiger partial charge on any atom is -0.393 e. The average Bonchev–Trinajstić information content (AvgIpc) is 2.50. The van der Waals surface area contributed by atoms with Gasteiger partial charge in [-0.2, -0.15) is 0 Å². The van der Waals surface area contributed by atoms with Gasteiger partial charge in [-0.05, 0) is 33.2 Å². The summed E-state index contributed by atoms with van der Waals surface area (Å²) in [5, 5.41) is 15.5. The van der Waals surface area contributed by atoms with Crippen molar-refractivity contribution >= 4 is 11.3 Å². The SMILES string of the molecule is Cc1nc(CNCCCC(C)O)cs1. The van der Waals surface area contributed by atoms with Crippen LogP contribution in [0.25, 0.3) is 0 Å². The molecule has 0 aliphatic rings. The third kappa shape index (κ3) is 4.69. The molecular weight excluding hydrogens is 196 g/mol. The monoisotopic (exact) mass is 214 g/mol. The lowest BCUT2D eigenvalue weighted by Gasteiger charge is -2.04. The molecule has 0 radical (unpaired) electrons. The van der Waals surface area contributed by atoms with Gasteiger partial charge in [0.15, 0.2) is 0 Å². The van der Waals surface area contributed by atoms with Gasteiger partial charge < -0.3 is 10.4 Å². The van der Waals surface area contributed by atoms with E-state index in [9.17, 15) is 0 Å². The summed E-state index contributed by atoms with van der Waals surface area (Å²) in [6, 6.07) is 0. The summed E-state index contributed by atoms with van der Waals surface area (Å²) in [6.45, 7) is 5.62. The summed E-state index contributed by atoms with van der Waals surface area (Å²) in [5.74, 6) is 0. The number of nitrogens with zero attached hydrogens (tertiary/aromatic N) is 1. The second-order valence-corrected chi connectivity index (χ2v) is 4.59. The number of hydrogen-bond donors (Lipinski definition) is 2. The Hall–Kier alpha value is -0.450. The Labute approximate surface area is 89.2 Å². The highest BCUT2D eigenvalue weighted by Gasteiger charge is 1.98. The molecule has 80 valence electrons. The second kappa shape index (κ2) is 6.11. The highest BCUT2D eigenvalue weighted by Crippen LogP contribution is 2.07. The van der Waals surface area contributed by atoms with Crippen LogP contribution < -0.4 is 5.32 Å². The van der Waals surface area contributed by atoms with Gasteiger partial charge in [0.25, 0.3) is 0 Å². The minimum atomic E-state index is -0.182. The maximum Gasteiger partial charge on any atom is 0.0897 e. The zero-order chi connectivity index (χ0) is 10.4. The first kappa shape index (κ1) is 11.6. The van der Waals surface area contributed by atoms with E-state index in [1.807, 2.05) is 13.8 Å². The Morgan fingerprint density at radius 2 is 2.43 bits per heavy atom. The van der Waals surface area contributed by atoms with Crippen LogP contribution in [0.1, 0.15) is 30.5 Å². The number of aryl methyl sites for hydroxylation is 1. The van der Waals surface area contributed by atoms with Gasteiger partial charge in [-0.3, -0.25) is 0 Å². The van der Waals surface area contributed by atoms with Gasteiger partial charge in [0, 0.05) is 11.9 Å². The summed E-state index contributed by atoms with van der Waals surface area (Å²) in [6.07, 6.45) is 1.70. The number of aromatic nitrogens is 1. The van der Waals surface area contributed by atoms with Crippen molar-refractivity contribution in [3.05, 3.63) is 16.1 Å². The first-order valence-corrected chi connectivity index (χ1v) is 5.86. The van der Waals surface area contributed by atoms with Crippen molar-refractivity contribution in [2.45, 2.75) is 39.3 Å². The molecule has 1 unspecified atom stereocenters. The predicted molar refractivity (Wildman–Crippen MR) is 59.5 cm³/mol. The molecular formula is C10H18N2OS. The molecule has 1 aromatic rings. The number of aliphatic hydroxyl groups is 1. The second-order valence-electron chi connectivity index (χ2n) is 3.53. The van der Waals surface area contributed by atoms with Crippen molar-refractivity contribution in [3.63, 3.8) is 0 Å². The van der Waals surface area contributed by atoms with Gasteiger partial charge in [-0.1, -0.05) is 0 Å². The van der Waals surface area contributed by atoms with Crippen LogP contribution in [0, 0.1) is 6.92 Å². The highest BCUT2D eigenvalue weighted by atomic mass is 32.1. The summed E-state index contributed by atoms with van der Waals surface area (Å²) in [7, 11) is 0. The van der Waals surface area contributed by atoms with Crippen LogP contribution in [0.3, 0.4) is 0 Å². The lowest BCUT2D eigenvalue weighted by atomic mass is 10.2. The average molecular weight is 214 g/mol. The lowest BCUT2D eigenvalue weighted by molar-refractivity contribution is 0.181. The zero-order valence-corrected chi connectivity index (χ0v) is 9.60. The van der Waals surface area contributed by atoms with Crippen LogP contribution in [0.4, 0.5) is 0 Å². The summed E-state index contributed by atoms with van der Waals surface area (Å²) in [4.78, 5) is 4.35. The molecule has 14 heavy (non-hydrogen) atoms. The third-order valence-corrected chi connectivity index (χ3v) is 2.77. The van der Waals surface area contributed by atoms with Crippen LogP contribution in [0.5, 0.6) is 0 Å². The maximum atomic E-state index is 9.03. The van der Waals surface area contributed by atoms with Gasteiger partial charge in [0.05, 0.1) is 16.8 Å². The fourth-order valence-electron chi connectivity index (χ4n) is 1.23. The van der Waals surface area contributed by atoms with Gasteiger partial charge in [-0.15, -0.1) is 11.3 Å². The van der Waals surface area contributed by atoms with Crippen molar-refractivity contribution in [2.24, 2.45) is 0 Å². The Morgan fingerprint density at radius 1 is 1.64 bits per heavy atom. The van der Waals surface area contributed by atoms with Crippen LogP contribution in [-0.2, 0) is 6.54 Å². The molecule has 4 heteroatoms. The largest absolute Gasteiger partial charge is 0.393 e. The third-order valence-electron chi connectivity index (χ3n) is 1.95. The van der Waals surface area contributed by atoms with E-state index >= 15 is 0 Å². The van der Waals surface area contributed by atoms with Crippen molar-refractivity contribution < 1.29 is 5.11 Å². The van der Waals surface area contributed by atoms with E-state index in [2.05, 4.69) is 15.7 Å². The molecule has 0 aliphatic heterocycles. The normalized spacial score (nSPS) is 13.1. The van der Waals surface area contributed by atoms with Gasteiger partial charge in [0.2, 0.25) is 0 Å². The van der Waals surface area contributed by atoms with E-state index in [0.29, 0.717) is 0 Å². The molecule has 0 amide bonds. The maximum absolute atomic E-state index is 9.03. The van der Waals surface area contributed by atoms with E-state index < -0.39 is 0 Å². The Morgan fingerprint density at radius 3 is 3.00 bits per heavy atom. The van der Waals surface area contributed by atoms with Gasteiger partial charge in [0.1, 0.15) is 0 Å². The van der Waals surface area contributed by atoms with E-state index in [1.54, 1.807) is 11.3 Å². The van der Waals surface area contributed by atoms with Crippen molar-refractivity contribution in [3.8, 4) is 0 Å². The number of rotatable bonds is 6. The fourth-order valence-corrected chi connectivity index (χ4v) is 1.84. The van der Waals surface area contributed by atoms with Crippen molar-refractivity contribution in [2.75, 3.05) is 6.54 Å². The van der Waals surface area contributed by atoms with Crippen LogP contribution in [-0.4, -0.2) is 22.7 Å². The molecule has 1 aromatic heterocycles. The molecule has 1 atom stereocenters. The Bertz CT molecular complexity index is 260. The Balaban J connectivity index is 2.04. The molecule has 2 N–H and O–H groups in total. The number of hydrogen-bond acceptors (Lipinski definition) is 4. The van der Waals surface area contributed by atoms with E-state index in [4.69, 9.17) is 5.11 Å². The lowest BCUT2D eigenvalue weighted by Crippen LogP contribution is -2.16. The molecule has 0 saturated heterocycles. The van der Waals surface area contributed by atoms with E-state index in [0.717, 1.165) is 36.6 Å². The first-order chi connectivity index (χ1) is 6.68.